The maximum atomic E-state index is 12.3. The van der Waals surface area contributed by atoms with Crippen molar-refractivity contribution in [1.82, 2.24) is 9.71 Å². The van der Waals surface area contributed by atoms with Crippen molar-refractivity contribution in [3.05, 3.63) is 52.7 Å². The molecule has 0 spiro atoms. The Morgan fingerprint density at radius 1 is 1.11 bits per heavy atom. The second-order valence-corrected chi connectivity index (χ2v) is 8.56. The van der Waals surface area contributed by atoms with Crippen molar-refractivity contribution in [2.75, 3.05) is 36.0 Å². The molecule has 2 heterocycles. The van der Waals surface area contributed by atoms with Crippen LogP contribution in [-0.4, -0.2) is 50.5 Å². The van der Waals surface area contributed by atoms with Gasteiger partial charge in [-0.2, -0.15) is 0 Å². The molecule has 0 aliphatic carbocycles. The van der Waals surface area contributed by atoms with Crippen LogP contribution in [0.1, 0.15) is 13.8 Å². The third-order valence-corrected chi connectivity index (χ3v) is 6.09. The highest BCUT2D eigenvalue weighted by Crippen LogP contribution is 2.32. The molecule has 0 atom stereocenters. The normalized spacial score (nSPS) is 15.1. The Morgan fingerprint density at radius 3 is 2.36 bits per heavy atom. The van der Waals surface area contributed by atoms with E-state index in [1.54, 1.807) is 20.0 Å². The van der Waals surface area contributed by atoms with Crippen LogP contribution in [-0.2, 0) is 10.0 Å². The number of hydrogen-bond acceptors (Lipinski definition) is 7. The Labute approximate surface area is 164 Å². The summed E-state index contributed by atoms with van der Waals surface area (Å²) in [4.78, 5) is 19.3. The number of nitro benzene ring substituents is 1. The van der Waals surface area contributed by atoms with Crippen LogP contribution in [0, 0.1) is 10.1 Å². The Kier molecular flexibility index (Phi) is 5.80. The quantitative estimate of drug-likeness (QED) is 0.578. The van der Waals surface area contributed by atoms with E-state index in [0.29, 0.717) is 31.9 Å². The third-order valence-electron chi connectivity index (χ3n) is 4.44. The smallest absolute Gasteiger partial charge is 0.293 e. The molecule has 1 aromatic carbocycles. The van der Waals surface area contributed by atoms with Gasteiger partial charge in [0.15, 0.2) is 0 Å². The molecule has 0 saturated carbocycles. The van der Waals surface area contributed by atoms with Gasteiger partial charge in [0, 0.05) is 44.5 Å². The zero-order valence-electron chi connectivity index (χ0n) is 15.8. The fourth-order valence-electron chi connectivity index (χ4n) is 3.18. The predicted octanol–water partition coefficient (Wildman–Crippen LogP) is 2.00. The van der Waals surface area contributed by atoms with Crippen molar-refractivity contribution in [2.45, 2.75) is 24.8 Å². The standard InChI is InChI=1S/C18H23N5O4S/c1-14(2)20-28(26,27)15-6-7-16(17(13-15)23(24)25)21-9-11-22(12-10-21)18-5-3-4-8-19-18/h3-8,13-14,20H,9-12H2,1-2H3. The highest BCUT2D eigenvalue weighted by atomic mass is 32.2. The average Bonchev–Trinajstić information content (AvgIpc) is 2.67. The van der Waals surface area contributed by atoms with Gasteiger partial charge in [-0.15, -0.1) is 0 Å². The van der Waals surface area contributed by atoms with E-state index in [2.05, 4.69) is 14.6 Å². The lowest BCUT2D eigenvalue weighted by atomic mass is 10.2. The van der Waals surface area contributed by atoms with Crippen LogP contribution in [0.4, 0.5) is 17.2 Å². The van der Waals surface area contributed by atoms with Gasteiger partial charge in [-0.1, -0.05) is 6.07 Å². The van der Waals surface area contributed by atoms with Crippen LogP contribution >= 0.6 is 0 Å². The SMILES string of the molecule is CC(C)NS(=O)(=O)c1ccc(N2CCN(c3ccccn3)CC2)c([N+](=O)[O-])c1. The van der Waals surface area contributed by atoms with Crippen molar-refractivity contribution < 1.29 is 13.3 Å². The molecule has 0 radical (unpaired) electrons. The maximum absolute atomic E-state index is 12.3. The molecule has 0 amide bonds. The van der Waals surface area contributed by atoms with Gasteiger partial charge < -0.3 is 9.80 Å². The van der Waals surface area contributed by atoms with Gasteiger partial charge in [0.05, 0.1) is 9.82 Å². The first-order valence-electron chi connectivity index (χ1n) is 8.99. The van der Waals surface area contributed by atoms with Crippen LogP contribution in [0.3, 0.4) is 0 Å². The third kappa shape index (κ3) is 4.39. The average molecular weight is 405 g/mol. The molecular formula is C18H23N5O4S. The minimum Gasteiger partial charge on any atom is -0.362 e. The Bertz CT molecular complexity index is 942. The van der Waals surface area contributed by atoms with E-state index in [0.717, 1.165) is 11.9 Å². The number of sulfonamides is 1. The minimum absolute atomic E-state index is 0.108. The number of rotatable bonds is 6. The van der Waals surface area contributed by atoms with Gasteiger partial charge in [0.2, 0.25) is 10.0 Å². The lowest BCUT2D eigenvalue weighted by molar-refractivity contribution is -0.384. The van der Waals surface area contributed by atoms with Gasteiger partial charge in [0.1, 0.15) is 11.5 Å². The molecule has 9 nitrogen and oxygen atoms in total. The predicted molar refractivity (Wildman–Crippen MR) is 107 cm³/mol. The molecule has 1 fully saturated rings. The molecular weight excluding hydrogens is 382 g/mol. The first kappa shape index (κ1) is 20.0. The number of nitrogens with one attached hydrogen (secondary N) is 1. The van der Waals surface area contributed by atoms with Crippen LogP contribution < -0.4 is 14.5 Å². The zero-order chi connectivity index (χ0) is 20.3. The fraction of sp³-hybridized carbons (Fsp3) is 0.389. The number of hydrogen-bond donors (Lipinski definition) is 1. The fourth-order valence-corrected chi connectivity index (χ4v) is 4.45. The molecule has 1 saturated heterocycles. The zero-order valence-corrected chi connectivity index (χ0v) is 16.6. The Hall–Kier alpha value is -2.72. The highest BCUT2D eigenvalue weighted by Gasteiger charge is 2.27. The summed E-state index contributed by atoms with van der Waals surface area (Å²) in [6, 6.07) is 9.46. The maximum Gasteiger partial charge on any atom is 0.293 e. The van der Waals surface area contributed by atoms with Gasteiger partial charge in [-0.25, -0.2) is 18.1 Å². The molecule has 1 aromatic heterocycles. The highest BCUT2D eigenvalue weighted by molar-refractivity contribution is 7.89. The number of nitrogens with zero attached hydrogens (tertiary/aromatic N) is 4. The van der Waals surface area contributed by atoms with E-state index in [9.17, 15) is 18.5 Å². The summed E-state index contributed by atoms with van der Waals surface area (Å²) in [7, 11) is -3.80. The topological polar surface area (TPSA) is 109 Å². The molecule has 1 aliphatic rings. The molecule has 3 rings (SSSR count). The van der Waals surface area contributed by atoms with E-state index in [4.69, 9.17) is 0 Å². The molecule has 1 N–H and O–H groups in total. The summed E-state index contributed by atoms with van der Waals surface area (Å²) in [6.45, 7) is 5.89. The van der Waals surface area contributed by atoms with E-state index in [-0.39, 0.29) is 16.6 Å². The van der Waals surface area contributed by atoms with Crippen LogP contribution in [0.5, 0.6) is 0 Å². The summed E-state index contributed by atoms with van der Waals surface area (Å²) >= 11 is 0. The van der Waals surface area contributed by atoms with Crippen LogP contribution in [0.15, 0.2) is 47.5 Å². The number of pyridine rings is 1. The molecule has 150 valence electrons. The van der Waals surface area contributed by atoms with Gasteiger partial charge in [-0.05, 0) is 38.1 Å². The minimum atomic E-state index is -3.80. The number of piperazine rings is 1. The molecule has 0 bridgehead atoms. The van der Waals surface area contributed by atoms with Crippen molar-refractivity contribution in [2.24, 2.45) is 0 Å². The first-order chi connectivity index (χ1) is 13.3. The van der Waals surface area contributed by atoms with Crippen molar-refractivity contribution in [3.63, 3.8) is 0 Å². The van der Waals surface area contributed by atoms with Crippen molar-refractivity contribution in [1.29, 1.82) is 0 Å². The van der Waals surface area contributed by atoms with Crippen LogP contribution in [0.25, 0.3) is 0 Å². The van der Waals surface area contributed by atoms with Crippen molar-refractivity contribution >= 4 is 27.2 Å². The Morgan fingerprint density at radius 2 is 1.79 bits per heavy atom. The van der Waals surface area contributed by atoms with Crippen LogP contribution in [0.2, 0.25) is 0 Å². The van der Waals surface area contributed by atoms with Crippen molar-refractivity contribution in [3.8, 4) is 0 Å². The van der Waals surface area contributed by atoms with E-state index in [1.165, 1.54) is 12.1 Å². The summed E-state index contributed by atoms with van der Waals surface area (Å²) in [5.41, 5.74) is 0.215. The second kappa shape index (κ2) is 8.11. The first-order valence-corrected chi connectivity index (χ1v) is 10.5. The summed E-state index contributed by atoms with van der Waals surface area (Å²) in [6.07, 6.45) is 1.73. The monoisotopic (exact) mass is 405 g/mol. The molecule has 2 aromatic rings. The molecule has 1 aliphatic heterocycles. The Balaban J connectivity index is 1.82. The number of nitro groups is 1. The van der Waals surface area contributed by atoms with E-state index < -0.39 is 14.9 Å². The van der Waals surface area contributed by atoms with Gasteiger partial charge >= 0.3 is 0 Å². The lowest BCUT2D eigenvalue weighted by Gasteiger charge is -2.36. The lowest BCUT2D eigenvalue weighted by Crippen LogP contribution is -2.47. The summed E-state index contributed by atoms with van der Waals surface area (Å²) < 4.78 is 27.1. The molecule has 0 unspecified atom stereocenters. The van der Waals surface area contributed by atoms with E-state index >= 15 is 0 Å². The molecule has 28 heavy (non-hydrogen) atoms. The number of aromatic nitrogens is 1. The second-order valence-electron chi connectivity index (χ2n) is 6.85. The summed E-state index contributed by atoms with van der Waals surface area (Å²) in [5.74, 6) is 0.873. The summed E-state index contributed by atoms with van der Waals surface area (Å²) in [5, 5.41) is 11.6. The molecule has 10 heteroatoms. The number of benzene rings is 1. The van der Waals surface area contributed by atoms with Gasteiger partial charge in [0.25, 0.3) is 5.69 Å². The number of anilines is 2. The van der Waals surface area contributed by atoms with Gasteiger partial charge in [-0.3, -0.25) is 10.1 Å². The van der Waals surface area contributed by atoms with E-state index in [1.807, 2.05) is 23.1 Å². The largest absolute Gasteiger partial charge is 0.362 e.